The highest BCUT2D eigenvalue weighted by Gasteiger charge is 2.29. The van der Waals surface area contributed by atoms with Gasteiger partial charge >= 0.3 is 6.09 Å². The molecule has 0 bridgehead atoms. The molecule has 1 atom stereocenters. The number of carbonyl (C=O) groups is 2. The van der Waals surface area contributed by atoms with Crippen molar-refractivity contribution in [3.8, 4) is 11.3 Å². The number of fused-ring (bicyclic) bond motifs is 1. The van der Waals surface area contributed by atoms with E-state index in [2.05, 4.69) is 10.3 Å². The Morgan fingerprint density at radius 1 is 1.26 bits per heavy atom. The summed E-state index contributed by atoms with van der Waals surface area (Å²) in [6.45, 7) is 2.91. The molecule has 2 aromatic heterocycles. The largest absolute Gasteiger partial charge is 0.453 e. The molecule has 10 heteroatoms. The molecular weight excluding hydrogens is 446 g/mol. The number of hydrogen-bond acceptors (Lipinski definition) is 5. The summed E-state index contributed by atoms with van der Waals surface area (Å²) < 4.78 is 42.9. The lowest BCUT2D eigenvalue weighted by molar-refractivity contribution is -0.119. The summed E-state index contributed by atoms with van der Waals surface area (Å²) in [6, 6.07) is 6.01. The first kappa shape index (κ1) is 23.6. The lowest BCUT2D eigenvalue weighted by atomic mass is 10.0. The quantitative estimate of drug-likeness (QED) is 0.617. The number of amides is 2. The van der Waals surface area contributed by atoms with Gasteiger partial charge in [0.05, 0.1) is 49.7 Å². The van der Waals surface area contributed by atoms with E-state index >= 15 is 8.78 Å². The maximum atomic E-state index is 15.2. The van der Waals surface area contributed by atoms with E-state index < -0.39 is 23.8 Å². The number of aryl methyl sites for hydroxylation is 1. The molecular formula is C24H26F2N4O4. The predicted molar refractivity (Wildman–Crippen MR) is 120 cm³/mol. The highest BCUT2D eigenvalue weighted by atomic mass is 19.1. The number of methoxy groups -OCH3 is 1. The fourth-order valence-electron chi connectivity index (χ4n) is 4.17. The molecule has 1 aliphatic heterocycles. The number of nitrogens with zero attached hydrogens (tertiary/aromatic N) is 3. The van der Waals surface area contributed by atoms with Crippen LogP contribution in [0.25, 0.3) is 16.9 Å². The van der Waals surface area contributed by atoms with Crippen molar-refractivity contribution in [3.05, 3.63) is 58.9 Å². The fourth-order valence-corrected chi connectivity index (χ4v) is 4.17. The second kappa shape index (κ2) is 9.76. The first-order valence-electron chi connectivity index (χ1n) is 10.9. The van der Waals surface area contributed by atoms with Gasteiger partial charge in [-0.3, -0.25) is 4.79 Å². The Morgan fingerprint density at radius 2 is 2.00 bits per heavy atom. The average Bonchev–Trinajstić information content (AvgIpc) is 3.14. The van der Waals surface area contributed by atoms with E-state index in [-0.39, 0.29) is 42.1 Å². The van der Waals surface area contributed by atoms with Gasteiger partial charge in [-0.15, -0.1) is 0 Å². The Hall–Kier alpha value is -3.53. The molecule has 0 spiro atoms. The van der Waals surface area contributed by atoms with Crippen molar-refractivity contribution in [2.24, 2.45) is 0 Å². The highest BCUT2D eigenvalue weighted by molar-refractivity contribution is 5.78. The molecule has 0 radical (unpaired) electrons. The fraction of sp³-hybridized carbons (Fsp3) is 0.375. The smallest absolute Gasteiger partial charge is 0.409 e. The van der Waals surface area contributed by atoms with E-state index in [1.165, 1.54) is 19.1 Å². The molecule has 0 aliphatic carbocycles. The number of ether oxygens (including phenoxy) is 2. The van der Waals surface area contributed by atoms with Gasteiger partial charge in [-0.05, 0) is 42.3 Å². The van der Waals surface area contributed by atoms with Crippen molar-refractivity contribution in [3.63, 3.8) is 0 Å². The van der Waals surface area contributed by atoms with Crippen LogP contribution in [0.3, 0.4) is 0 Å². The van der Waals surface area contributed by atoms with Gasteiger partial charge in [0.1, 0.15) is 17.3 Å². The molecule has 0 saturated carbocycles. The molecule has 8 nitrogen and oxygen atoms in total. The van der Waals surface area contributed by atoms with Crippen LogP contribution in [0.4, 0.5) is 13.6 Å². The normalized spacial score (nSPS) is 16.0. The topological polar surface area (TPSA) is 85.2 Å². The predicted octanol–water partition coefficient (Wildman–Crippen LogP) is 2.89. The number of hydrogen-bond donors (Lipinski definition) is 1. The molecule has 2 amide bonds. The molecule has 1 N–H and O–H groups in total. The third kappa shape index (κ3) is 4.72. The zero-order valence-electron chi connectivity index (χ0n) is 19.2. The molecule has 34 heavy (non-hydrogen) atoms. The molecule has 4 rings (SSSR count). The lowest BCUT2D eigenvalue weighted by Gasteiger charge is -2.32. The Balaban J connectivity index is 1.76. The Kier molecular flexibility index (Phi) is 6.78. The number of benzene rings is 1. The van der Waals surface area contributed by atoms with Gasteiger partial charge in [-0.1, -0.05) is 0 Å². The summed E-state index contributed by atoms with van der Waals surface area (Å²) in [5, 5.41) is 2.44. The van der Waals surface area contributed by atoms with E-state index in [4.69, 9.17) is 9.47 Å². The van der Waals surface area contributed by atoms with E-state index in [0.29, 0.717) is 24.5 Å². The zero-order valence-corrected chi connectivity index (χ0v) is 19.2. The third-order valence-electron chi connectivity index (χ3n) is 5.86. The number of rotatable bonds is 5. The monoisotopic (exact) mass is 472 g/mol. The number of aromatic nitrogens is 2. The molecule has 3 aromatic rings. The van der Waals surface area contributed by atoms with Crippen molar-refractivity contribution in [1.29, 1.82) is 0 Å². The molecule has 1 fully saturated rings. The first-order chi connectivity index (χ1) is 16.3. The average molecular weight is 472 g/mol. The number of halogens is 2. The number of morpholine rings is 1. The van der Waals surface area contributed by atoms with Crippen LogP contribution in [0.15, 0.2) is 30.5 Å². The van der Waals surface area contributed by atoms with Gasteiger partial charge in [0.2, 0.25) is 5.91 Å². The minimum atomic E-state index is -0.805. The van der Waals surface area contributed by atoms with Gasteiger partial charge in [-0.25, -0.2) is 18.6 Å². The van der Waals surface area contributed by atoms with Crippen LogP contribution in [-0.2, 0) is 27.1 Å². The van der Waals surface area contributed by atoms with Crippen molar-refractivity contribution < 1.29 is 27.8 Å². The SMILES string of the molecule is CNC(=O)Cc1cc(F)c(-c2nc3cc(C)ccn3c2CC2CN(C(=O)OC)CCO2)c(F)c1. The molecule has 1 unspecified atom stereocenters. The summed E-state index contributed by atoms with van der Waals surface area (Å²) in [5.41, 5.74) is 2.16. The van der Waals surface area contributed by atoms with Crippen molar-refractivity contribution >= 4 is 17.6 Å². The Bertz CT molecular complexity index is 1220. The van der Waals surface area contributed by atoms with E-state index in [1.807, 2.05) is 19.1 Å². The van der Waals surface area contributed by atoms with Gasteiger partial charge in [0.15, 0.2) is 0 Å². The molecule has 3 heterocycles. The van der Waals surface area contributed by atoms with Gasteiger partial charge in [0, 0.05) is 26.2 Å². The molecule has 180 valence electrons. The van der Waals surface area contributed by atoms with Crippen LogP contribution in [0.2, 0.25) is 0 Å². The summed E-state index contributed by atoms with van der Waals surface area (Å²) in [4.78, 5) is 29.7. The summed E-state index contributed by atoms with van der Waals surface area (Å²) in [5.74, 6) is -1.96. The summed E-state index contributed by atoms with van der Waals surface area (Å²) >= 11 is 0. The van der Waals surface area contributed by atoms with Crippen molar-refractivity contribution in [1.82, 2.24) is 19.6 Å². The lowest BCUT2D eigenvalue weighted by Crippen LogP contribution is -2.46. The maximum absolute atomic E-state index is 15.2. The van der Waals surface area contributed by atoms with Gasteiger partial charge < -0.3 is 24.1 Å². The maximum Gasteiger partial charge on any atom is 0.409 e. The standard InChI is InChI=1S/C24H26F2N4O4/c1-14-4-5-30-19(12-16-13-29(6-7-34-16)24(32)33-3)23(28-20(30)8-14)22-17(25)9-15(10-18(22)26)11-21(31)27-2/h4-5,8-10,16H,6-7,11-13H2,1-3H3,(H,27,31). The molecule has 1 saturated heterocycles. The highest BCUT2D eigenvalue weighted by Crippen LogP contribution is 2.32. The van der Waals surface area contributed by atoms with E-state index in [9.17, 15) is 9.59 Å². The van der Waals surface area contributed by atoms with Gasteiger partial charge in [-0.2, -0.15) is 0 Å². The van der Waals surface area contributed by atoms with Crippen LogP contribution in [0.5, 0.6) is 0 Å². The minimum Gasteiger partial charge on any atom is -0.453 e. The van der Waals surface area contributed by atoms with Crippen molar-refractivity contribution in [2.45, 2.75) is 25.9 Å². The number of nitrogens with one attached hydrogen (secondary N) is 1. The zero-order chi connectivity index (χ0) is 24.4. The Labute approximate surface area is 195 Å². The van der Waals surface area contributed by atoms with Crippen LogP contribution in [0.1, 0.15) is 16.8 Å². The summed E-state index contributed by atoms with van der Waals surface area (Å²) in [7, 11) is 2.78. The number of carbonyl (C=O) groups excluding carboxylic acids is 2. The van der Waals surface area contributed by atoms with E-state index in [0.717, 1.165) is 17.7 Å². The van der Waals surface area contributed by atoms with Gasteiger partial charge in [0.25, 0.3) is 0 Å². The van der Waals surface area contributed by atoms with Crippen LogP contribution < -0.4 is 5.32 Å². The van der Waals surface area contributed by atoms with Crippen molar-refractivity contribution in [2.75, 3.05) is 33.9 Å². The number of likely N-dealkylation sites (N-methyl/N-ethyl adjacent to an activating group) is 1. The first-order valence-corrected chi connectivity index (χ1v) is 10.9. The Morgan fingerprint density at radius 3 is 2.68 bits per heavy atom. The third-order valence-corrected chi connectivity index (χ3v) is 5.86. The molecule has 1 aliphatic rings. The number of imidazole rings is 1. The molecule has 1 aromatic carbocycles. The number of pyridine rings is 1. The summed E-state index contributed by atoms with van der Waals surface area (Å²) in [6.07, 6.45) is 1.07. The second-order valence-electron chi connectivity index (χ2n) is 8.24. The second-order valence-corrected chi connectivity index (χ2v) is 8.24. The van der Waals surface area contributed by atoms with Crippen LogP contribution in [0, 0.1) is 18.6 Å². The minimum absolute atomic E-state index is 0.138. The van der Waals surface area contributed by atoms with Crippen LogP contribution in [-0.4, -0.2) is 66.2 Å². The van der Waals surface area contributed by atoms with E-state index in [1.54, 1.807) is 10.6 Å². The van der Waals surface area contributed by atoms with Crippen LogP contribution >= 0.6 is 0 Å².